The van der Waals surface area contributed by atoms with Gasteiger partial charge in [-0.05, 0) is 42.7 Å². The molecule has 3 rings (SSSR count). The third kappa shape index (κ3) is 5.24. The molecule has 6 heteroatoms. The zero-order valence-electron chi connectivity index (χ0n) is 15.0. The molecule has 2 aromatic carbocycles. The van der Waals surface area contributed by atoms with E-state index in [0.29, 0.717) is 25.1 Å². The van der Waals surface area contributed by atoms with E-state index in [1.807, 2.05) is 30.3 Å². The van der Waals surface area contributed by atoms with E-state index in [9.17, 15) is 9.18 Å². The molecule has 0 bridgehead atoms. The highest BCUT2D eigenvalue weighted by Crippen LogP contribution is 2.21. The standard InChI is InChI=1S/C21H21FN2O3/c1-26-21(25)19(23-14-15-5-3-2-4-6-15)12-11-18-13-20(27-24-18)16-7-9-17(22)10-8-16/h2-10,13,19,23H,11-12,14H2,1H3/t19-/m1/s1. The van der Waals surface area contributed by atoms with Gasteiger partial charge in [0.1, 0.15) is 11.9 Å². The number of aromatic nitrogens is 1. The average molecular weight is 368 g/mol. The molecule has 0 saturated heterocycles. The predicted octanol–water partition coefficient (Wildman–Crippen LogP) is 3.74. The number of rotatable bonds is 8. The number of hydrogen-bond acceptors (Lipinski definition) is 5. The molecule has 1 atom stereocenters. The maximum absolute atomic E-state index is 13.0. The van der Waals surface area contributed by atoms with Gasteiger partial charge in [0, 0.05) is 18.2 Å². The first kappa shape index (κ1) is 18.8. The fourth-order valence-corrected chi connectivity index (χ4v) is 2.75. The largest absolute Gasteiger partial charge is 0.468 e. The summed E-state index contributed by atoms with van der Waals surface area (Å²) in [7, 11) is 1.38. The van der Waals surface area contributed by atoms with E-state index in [2.05, 4.69) is 10.5 Å². The molecule has 0 unspecified atom stereocenters. The minimum atomic E-state index is -0.443. The topological polar surface area (TPSA) is 64.4 Å². The molecule has 0 spiro atoms. The Morgan fingerprint density at radius 3 is 2.63 bits per heavy atom. The fourth-order valence-electron chi connectivity index (χ4n) is 2.75. The monoisotopic (exact) mass is 368 g/mol. The van der Waals surface area contributed by atoms with E-state index in [0.717, 1.165) is 16.8 Å². The number of carbonyl (C=O) groups is 1. The van der Waals surface area contributed by atoms with E-state index in [1.54, 1.807) is 18.2 Å². The van der Waals surface area contributed by atoms with Gasteiger partial charge in [-0.3, -0.25) is 4.79 Å². The van der Waals surface area contributed by atoms with E-state index in [4.69, 9.17) is 9.26 Å². The van der Waals surface area contributed by atoms with Crippen molar-refractivity contribution >= 4 is 5.97 Å². The lowest BCUT2D eigenvalue weighted by molar-refractivity contribution is -0.143. The Hall–Kier alpha value is -2.99. The van der Waals surface area contributed by atoms with Crippen LogP contribution < -0.4 is 5.32 Å². The summed E-state index contributed by atoms with van der Waals surface area (Å²) < 4.78 is 23.2. The molecule has 0 saturated carbocycles. The summed E-state index contributed by atoms with van der Waals surface area (Å²) in [4.78, 5) is 12.0. The summed E-state index contributed by atoms with van der Waals surface area (Å²) >= 11 is 0. The lowest BCUT2D eigenvalue weighted by Gasteiger charge is -2.15. The first-order chi connectivity index (χ1) is 13.2. The Morgan fingerprint density at radius 2 is 1.93 bits per heavy atom. The third-order valence-electron chi connectivity index (χ3n) is 4.26. The van der Waals surface area contributed by atoms with Crippen LogP contribution in [0.3, 0.4) is 0 Å². The van der Waals surface area contributed by atoms with Crippen molar-refractivity contribution in [1.29, 1.82) is 0 Å². The van der Waals surface area contributed by atoms with Crippen LogP contribution in [0.15, 0.2) is 65.2 Å². The zero-order valence-corrected chi connectivity index (χ0v) is 15.0. The van der Waals surface area contributed by atoms with Gasteiger partial charge in [-0.2, -0.15) is 0 Å². The van der Waals surface area contributed by atoms with Crippen LogP contribution in [0.4, 0.5) is 4.39 Å². The van der Waals surface area contributed by atoms with Crippen LogP contribution in [-0.4, -0.2) is 24.3 Å². The number of halogens is 1. The molecule has 3 aromatic rings. The summed E-state index contributed by atoms with van der Waals surface area (Å²) in [6.07, 6.45) is 1.07. The van der Waals surface area contributed by atoms with E-state index in [1.165, 1.54) is 19.2 Å². The van der Waals surface area contributed by atoms with Crippen LogP contribution in [0, 0.1) is 5.82 Å². The molecule has 0 amide bonds. The predicted molar refractivity (Wildman–Crippen MR) is 99.3 cm³/mol. The molecule has 27 heavy (non-hydrogen) atoms. The number of benzene rings is 2. The molecule has 0 aliphatic heterocycles. The quantitative estimate of drug-likeness (QED) is 0.614. The number of ether oxygens (including phenoxy) is 1. The SMILES string of the molecule is COC(=O)[C@@H](CCc1cc(-c2ccc(F)cc2)on1)NCc1ccccc1. The molecule has 0 aliphatic carbocycles. The summed E-state index contributed by atoms with van der Waals surface area (Å²) in [5.41, 5.74) is 2.57. The van der Waals surface area contributed by atoms with Crippen molar-refractivity contribution in [3.8, 4) is 11.3 Å². The molecule has 140 valence electrons. The maximum atomic E-state index is 13.0. The van der Waals surface area contributed by atoms with Gasteiger partial charge in [0.2, 0.25) is 0 Å². The van der Waals surface area contributed by atoms with Crippen molar-refractivity contribution in [3.05, 3.63) is 77.7 Å². The molecule has 5 nitrogen and oxygen atoms in total. The smallest absolute Gasteiger partial charge is 0.322 e. The van der Waals surface area contributed by atoms with Gasteiger partial charge in [-0.25, -0.2) is 4.39 Å². The third-order valence-corrected chi connectivity index (χ3v) is 4.26. The van der Waals surface area contributed by atoms with Crippen molar-refractivity contribution in [3.63, 3.8) is 0 Å². The second-order valence-corrected chi connectivity index (χ2v) is 6.17. The van der Waals surface area contributed by atoms with Gasteiger partial charge in [0.25, 0.3) is 0 Å². The summed E-state index contributed by atoms with van der Waals surface area (Å²) in [5, 5.41) is 7.27. The minimum Gasteiger partial charge on any atom is -0.468 e. The molecule has 1 N–H and O–H groups in total. The summed E-state index contributed by atoms with van der Waals surface area (Å²) in [6, 6.07) is 17.2. The highest BCUT2D eigenvalue weighted by molar-refractivity contribution is 5.75. The molecule has 0 radical (unpaired) electrons. The zero-order chi connectivity index (χ0) is 19.1. The number of nitrogens with zero attached hydrogens (tertiary/aromatic N) is 1. The lowest BCUT2D eigenvalue weighted by atomic mass is 10.1. The number of esters is 1. The van der Waals surface area contributed by atoms with Crippen molar-refractivity contribution in [2.75, 3.05) is 7.11 Å². The average Bonchev–Trinajstić information content (AvgIpc) is 3.18. The van der Waals surface area contributed by atoms with Crippen LogP contribution in [-0.2, 0) is 22.5 Å². The molecule has 0 aliphatic rings. The molecular weight excluding hydrogens is 347 g/mol. The Bertz CT molecular complexity index is 863. The van der Waals surface area contributed by atoms with E-state index >= 15 is 0 Å². The van der Waals surface area contributed by atoms with Crippen LogP contribution in [0.2, 0.25) is 0 Å². The summed E-state index contributed by atoms with van der Waals surface area (Å²) in [6.45, 7) is 0.570. The first-order valence-corrected chi connectivity index (χ1v) is 8.72. The Balaban J connectivity index is 1.60. The van der Waals surface area contributed by atoms with Gasteiger partial charge in [0.15, 0.2) is 5.76 Å². The van der Waals surface area contributed by atoms with Crippen molar-refractivity contribution in [2.45, 2.75) is 25.4 Å². The Labute approximate surface area is 157 Å². The van der Waals surface area contributed by atoms with E-state index in [-0.39, 0.29) is 11.8 Å². The van der Waals surface area contributed by atoms with Crippen LogP contribution >= 0.6 is 0 Å². The van der Waals surface area contributed by atoms with Gasteiger partial charge >= 0.3 is 5.97 Å². The highest BCUT2D eigenvalue weighted by Gasteiger charge is 2.19. The first-order valence-electron chi connectivity index (χ1n) is 8.72. The molecular formula is C21H21FN2O3. The number of nitrogens with one attached hydrogen (secondary N) is 1. The molecule has 0 fully saturated rings. The van der Waals surface area contributed by atoms with Gasteiger partial charge in [-0.1, -0.05) is 35.5 Å². The molecule has 1 heterocycles. The number of carbonyl (C=O) groups excluding carboxylic acids is 1. The summed E-state index contributed by atoms with van der Waals surface area (Å²) in [5.74, 6) is -0.0473. The van der Waals surface area contributed by atoms with Crippen molar-refractivity contribution in [1.82, 2.24) is 10.5 Å². The maximum Gasteiger partial charge on any atom is 0.322 e. The number of aryl methyl sites for hydroxylation is 1. The van der Waals surface area contributed by atoms with Crippen LogP contribution in [0.25, 0.3) is 11.3 Å². The second kappa shape index (κ2) is 9.09. The van der Waals surface area contributed by atoms with Gasteiger partial charge in [0.05, 0.1) is 12.8 Å². The van der Waals surface area contributed by atoms with Crippen LogP contribution in [0.5, 0.6) is 0 Å². The van der Waals surface area contributed by atoms with E-state index < -0.39 is 6.04 Å². The molecule has 1 aromatic heterocycles. The Kier molecular flexibility index (Phi) is 6.33. The lowest BCUT2D eigenvalue weighted by Crippen LogP contribution is -2.37. The van der Waals surface area contributed by atoms with Crippen LogP contribution in [0.1, 0.15) is 17.7 Å². The Morgan fingerprint density at radius 1 is 1.19 bits per heavy atom. The fraction of sp³-hybridized carbons (Fsp3) is 0.238. The van der Waals surface area contributed by atoms with Gasteiger partial charge in [-0.15, -0.1) is 0 Å². The van der Waals surface area contributed by atoms with Crippen molar-refractivity contribution < 1.29 is 18.4 Å². The second-order valence-electron chi connectivity index (χ2n) is 6.17. The number of methoxy groups -OCH3 is 1. The minimum absolute atomic E-state index is 0.302. The van der Waals surface area contributed by atoms with Gasteiger partial charge < -0.3 is 14.6 Å². The highest BCUT2D eigenvalue weighted by atomic mass is 19.1. The van der Waals surface area contributed by atoms with Crippen molar-refractivity contribution in [2.24, 2.45) is 0 Å². The normalized spacial score (nSPS) is 11.9. The number of hydrogen-bond donors (Lipinski definition) is 1.